The van der Waals surface area contributed by atoms with Crippen LogP contribution >= 0.6 is 22.6 Å². The number of halogens is 4. The predicted octanol–water partition coefficient (Wildman–Crippen LogP) is 4.58. The molecule has 0 atom stereocenters. The Labute approximate surface area is 187 Å². The quantitative estimate of drug-likeness (QED) is 0.587. The molecule has 1 aliphatic rings. The summed E-state index contributed by atoms with van der Waals surface area (Å²) < 4.78 is 42.5. The van der Waals surface area contributed by atoms with Gasteiger partial charge in [0.05, 0.1) is 16.9 Å². The van der Waals surface area contributed by atoms with Crippen LogP contribution in [0.5, 0.6) is 0 Å². The maximum Gasteiger partial charge on any atom is 0.416 e. The first kappa shape index (κ1) is 22.8. The molecule has 3 rings (SSSR count). The number of carbonyl (C=O) groups excluding carboxylic acids is 1. The molecule has 0 aromatic heterocycles. The van der Waals surface area contributed by atoms with Crippen molar-refractivity contribution in [3.8, 4) is 0 Å². The molecule has 1 fully saturated rings. The number of amides is 2. The Balaban J connectivity index is 1.98. The minimum absolute atomic E-state index is 0.0941. The Kier molecular flexibility index (Phi) is 6.93. The number of rotatable bonds is 4. The maximum absolute atomic E-state index is 13.9. The van der Waals surface area contributed by atoms with Crippen LogP contribution in [0.15, 0.2) is 36.4 Å². The van der Waals surface area contributed by atoms with Gasteiger partial charge in [-0.15, -0.1) is 0 Å². The molecule has 162 valence electrons. The number of alkyl halides is 3. The lowest BCUT2D eigenvalue weighted by atomic mass is 10.0. The molecular formula is C21H24F3IN4O. The number of urea groups is 1. The van der Waals surface area contributed by atoms with E-state index in [4.69, 9.17) is 5.73 Å². The largest absolute Gasteiger partial charge is 0.416 e. The average Bonchev–Trinajstić information content (AvgIpc) is 2.66. The molecule has 0 bridgehead atoms. The fourth-order valence-corrected chi connectivity index (χ4v) is 3.98. The van der Waals surface area contributed by atoms with Gasteiger partial charge in [-0.05, 0) is 72.0 Å². The SMILES string of the molecule is Cc1ccc(N(C(N)=O)c2ccc(CN3CCN(C)CC3)c(C(F)(F)F)c2)cc1I. The minimum Gasteiger partial charge on any atom is -0.351 e. The molecule has 0 saturated carbocycles. The molecule has 0 aliphatic carbocycles. The molecule has 1 aliphatic heterocycles. The van der Waals surface area contributed by atoms with Gasteiger partial charge < -0.3 is 10.6 Å². The van der Waals surface area contributed by atoms with Crippen molar-refractivity contribution < 1.29 is 18.0 Å². The molecule has 2 aromatic rings. The van der Waals surface area contributed by atoms with Crippen LogP contribution in [0.25, 0.3) is 0 Å². The van der Waals surface area contributed by atoms with E-state index in [1.807, 2.05) is 18.9 Å². The first-order chi connectivity index (χ1) is 14.1. The number of benzene rings is 2. The smallest absolute Gasteiger partial charge is 0.351 e. The molecule has 2 aromatic carbocycles. The first-order valence-electron chi connectivity index (χ1n) is 9.53. The van der Waals surface area contributed by atoms with Gasteiger partial charge in [0.15, 0.2) is 0 Å². The van der Waals surface area contributed by atoms with Gasteiger partial charge in [0.25, 0.3) is 0 Å². The van der Waals surface area contributed by atoms with Crippen molar-refractivity contribution in [1.82, 2.24) is 9.80 Å². The predicted molar refractivity (Wildman–Crippen MR) is 120 cm³/mol. The second kappa shape index (κ2) is 9.11. The van der Waals surface area contributed by atoms with E-state index in [9.17, 15) is 18.0 Å². The highest BCUT2D eigenvalue weighted by Crippen LogP contribution is 2.37. The van der Waals surface area contributed by atoms with Crippen LogP contribution in [0.4, 0.5) is 29.3 Å². The third-order valence-electron chi connectivity index (χ3n) is 5.28. The Morgan fingerprint density at radius 1 is 1.10 bits per heavy atom. The molecule has 0 spiro atoms. The zero-order valence-electron chi connectivity index (χ0n) is 16.8. The van der Waals surface area contributed by atoms with E-state index in [1.54, 1.807) is 18.2 Å². The molecule has 0 unspecified atom stereocenters. The standard InChI is InChI=1S/C21H24F3IN4O/c1-14-3-5-17(12-19(14)25)29(20(26)30)16-6-4-15(18(11-16)21(22,23)24)13-28-9-7-27(2)8-10-28/h3-6,11-12H,7-10,13H2,1-2H3,(H2,26,30). The molecule has 1 heterocycles. The second-order valence-corrected chi connectivity index (χ2v) is 8.69. The molecule has 30 heavy (non-hydrogen) atoms. The van der Waals surface area contributed by atoms with Crippen molar-refractivity contribution >= 4 is 40.0 Å². The van der Waals surface area contributed by atoms with Gasteiger partial charge in [-0.2, -0.15) is 13.2 Å². The Morgan fingerprint density at radius 2 is 1.70 bits per heavy atom. The van der Waals surface area contributed by atoms with E-state index in [0.717, 1.165) is 33.2 Å². The summed E-state index contributed by atoms with van der Waals surface area (Å²) in [6, 6.07) is 8.36. The van der Waals surface area contributed by atoms with E-state index in [0.29, 0.717) is 18.8 Å². The van der Waals surface area contributed by atoms with Crippen molar-refractivity contribution in [3.63, 3.8) is 0 Å². The third-order valence-corrected chi connectivity index (χ3v) is 6.44. The van der Waals surface area contributed by atoms with Crippen molar-refractivity contribution in [2.45, 2.75) is 19.6 Å². The number of nitrogens with two attached hydrogens (primary N) is 1. The van der Waals surface area contributed by atoms with E-state index in [1.165, 1.54) is 12.1 Å². The molecular weight excluding hydrogens is 508 g/mol. The van der Waals surface area contributed by atoms with Crippen LogP contribution < -0.4 is 10.6 Å². The molecule has 5 nitrogen and oxygen atoms in total. The maximum atomic E-state index is 13.9. The van der Waals surface area contributed by atoms with Crippen LogP contribution in [0.3, 0.4) is 0 Å². The van der Waals surface area contributed by atoms with Gasteiger partial charge in [-0.1, -0.05) is 12.1 Å². The van der Waals surface area contributed by atoms with Crippen LogP contribution in [0.1, 0.15) is 16.7 Å². The van der Waals surface area contributed by atoms with Gasteiger partial charge in [-0.3, -0.25) is 9.80 Å². The number of hydrogen-bond acceptors (Lipinski definition) is 3. The zero-order chi connectivity index (χ0) is 22.1. The summed E-state index contributed by atoms with van der Waals surface area (Å²) >= 11 is 2.12. The second-order valence-electron chi connectivity index (χ2n) is 7.53. The van der Waals surface area contributed by atoms with E-state index < -0.39 is 17.8 Å². The molecule has 1 saturated heterocycles. The number of likely N-dealkylation sites (N-methyl/N-ethyl adjacent to an activating group) is 1. The number of piperazine rings is 1. The van der Waals surface area contributed by atoms with Crippen molar-refractivity contribution in [2.24, 2.45) is 5.73 Å². The summed E-state index contributed by atoms with van der Waals surface area (Å²) in [6.45, 7) is 5.19. The minimum atomic E-state index is -4.54. The fraction of sp³-hybridized carbons (Fsp3) is 0.381. The molecule has 9 heteroatoms. The highest BCUT2D eigenvalue weighted by molar-refractivity contribution is 14.1. The normalized spacial score (nSPS) is 15.9. The molecule has 0 radical (unpaired) electrons. The summed E-state index contributed by atoms with van der Waals surface area (Å²) in [4.78, 5) is 17.4. The number of anilines is 2. The van der Waals surface area contributed by atoms with Gasteiger partial charge in [0.1, 0.15) is 0 Å². The summed E-state index contributed by atoms with van der Waals surface area (Å²) in [6.07, 6.45) is -4.54. The highest BCUT2D eigenvalue weighted by atomic mass is 127. The van der Waals surface area contributed by atoms with Crippen LogP contribution in [-0.2, 0) is 12.7 Å². The Hall–Kier alpha value is -1.85. The van der Waals surface area contributed by atoms with Crippen LogP contribution in [-0.4, -0.2) is 49.1 Å². The van der Waals surface area contributed by atoms with E-state index in [-0.39, 0.29) is 17.8 Å². The monoisotopic (exact) mass is 532 g/mol. The number of carbonyl (C=O) groups is 1. The van der Waals surface area contributed by atoms with Crippen molar-refractivity contribution in [2.75, 3.05) is 38.1 Å². The molecule has 2 N–H and O–H groups in total. The lowest BCUT2D eigenvalue weighted by Gasteiger charge is -2.33. The Bertz CT molecular complexity index is 927. The average molecular weight is 532 g/mol. The number of hydrogen-bond donors (Lipinski definition) is 1. The van der Waals surface area contributed by atoms with Crippen molar-refractivity contribution in [3.05, 3.63) is 56.7 Å². The summed E-state index contributed by atoms with van der Waals surface area (Å²) in [5, 5.41) is 0. The van der Waals surface area contributed by atoms with E-state index in [2.05, 4.69) is 27.5 Å². The Morgan fingerprint density at radius 3 is 2.27 bits per heavy atom. The van der Waals surface area contributed by atoms with Crippen LogP contribution in [0.2, 0.25) is 0 Å². The third kappa shape index (κ3) is 5.25. The number of aryl methyl sites for hydroxylation is 1. The summed E-state index contributed by atoms with van der Waals surface area (Å²) in [5.74, 6) is 0. The van der Waals surface area contributed by atoms with E-state index >= 15 is 0 Å². The van der Waals surface area contributed by atoms with Crippen LogP contribution in [0, 0.1) is 10.5 Å². The van der Waals surface area contributed by atoms with Gasteiger partial charge in [-0.25, -0.2) is 4.79 Å². The fourth-order valence-electron chi connectivity index (χ4n) is 3.48. The lowest BCUT2D eigenvalue weighted by Crippen LogP contribution is -2.44. The summed E-state index contributed by atoms with van der Waals surface area (Å²) in [7, 11) is 2.00. The number of nitrogens with zero attached hydrogens (tertiary/aromatic N) is 3. The van der Waals surface area contributed by atoms with Gasteiger partial charge in [0.2, 0.25) is 0 Å². The first-order valence-corrected chi connectivity index (χ1v) is 10.6. The summed E-state index contributed by atoms with van der Waals surface area (Å²) in [5.41, 5.74) is 6.51. The topological polar surface area (TPSA) is 52.8 Å². The van der Waals surface area contributed by atoms with Gasteiger partial charge in [0, 0.05) is 36.3 Å². The number of primary amides is 1. The molecule has 2 amide bonds. The zero-order valence-corrected chi connectivity index (χ0v) is 19.0. The highest BCUT2D eigenvalue weighted by Gasteiger charge is 2.35. The van der Waals surface area contributed by atoms with Crippen molar-refractivity contribution in [1.29, 1.82) is 0 Å². The van der Waals surface area contributed by atoms with Gasteiger partial charge >= 0.3 is 12.2 Å². The lowest BCUT2D eigenvalue weighted by molar-refractivity contribution is -0.138.